The summed E-state index contributed by atoms with van der Waals surface area (Å²) < 4.78 is 14.6. The van der Waals surface area contributed by atoms with Gasteiger partial charge in [-0.3, -0.25) is 0 Å². The summed E-state index contributed by atoms with van der Waals surface area (Å²) >= 11 is 0. The SMILES string of the molecule is N#Cc1cc(F)ccc1-n1nnc2ccccc21. The molecule has 0 aliphatic rings. The van der Waals surface area contributed by atoms with E-state index in [-0.39, 0.29) is 5.56 Å². The molecule has 86 valence electrons. The van der Waals surface area contributed by atoms with Crippen LogP contribution in [0.3, 0.4) is 0 Å². The first kappa shape index (κ1) is 10.4. The molecule has 1 aromatic heterocycles. The van der Waals surface area contributed by atoms with Crippen molar-refractivity contribution in [3.8, 4) is 11.8 Å². The lowest BCUT2D eigenvalue weighted by Gasteiger charge is -2.04. The van der Waals surface area contributed by atoms with Gasteiger partial charge in [0.2, 0.25) is 0 Å². The smallest absolute Gasteiger partial charge is 0.124 e. The molecular formula is C13H7FN4. The van der Waals surface area contributed by atoms with E-state index >= 15 is 0 Å². The Labute approximate surface area is 102 Å². The zero-order valence-corrected chi connectivity index (χ0v) is 9.21. The van der Waals surface area contributed by atoms with Crippen LogP contribution in [0.2, 0.25) is 0 Å². The van der Waals surface area contributed by atoms with Crippen molar-refractivity contribution in [1.82, 2.24) is 15.0 Å². The van der Waals surface area contributed by atoms with E-state index in [2.05, 4.69) is 10.3 Å². The van der Waals surface area contributed by atoms with Crippen LogP contribution >= 0.6 is 0 Å². The molecule has 0 fully saturated rings. The zero-order valence-electron chi connectivity index (χ0n) is 9.21. The van der Waals surface area contributed by atoms with Crippen molar-refractivity contribution in [2.24, 2.45) is 0 Å². The van der Waals surface area contributed by atoms with Crippen molar-refractivity contribution in [2.75, 3.05) is 0 Å². The van der Waals surface area contributed by atoms with E-state index in [4.69, 9.17) is 5.26 Å². The normalized spacial score (nSPS) is 10.4. The highest BCUT2D eigenvalue weighted by Gasteiger charge is 2.10. The van der Waals surface area contributed by atoms with E-state index in [1.807, 2.05) is 30.3 Å². The van der Waals surface area contributed by atoms with Crippen LogP contribution < -0.4 is 0 Å². The third-order valence-corrected chi connectivity index (χ3v) is 2.66. The van der Waals surface area contributed by atoms with Crippen LogP contribution in [0.15, 0.2) is 42.5 Å². The molecular weight excluding hydrogens is 231 g/mol. The fraction of sp³-hybridized carbons (Fsp3) is 0. The van der Waals surface area contributed by atoms with Gasteiger partial charge in [0.15, 0.2) is 0 Å². The summed E-state index contributed by atoms with van der Waals surface area (Å²) in [6.45, 7) is 0. The average molecular weight is 238 g/mol. The van der Waals surface area contributed by atoms with E-state index in [0.717, 1.165) is 11.0 Å². The Bertz CT molecular complexity index is 770. The first-order chi connectivity index (χ1) is 8.79. The van der Waals surface area contributed by atoms with Gasteiger partial charge in [-0.25, -0.2) is 9.07 Å². The van der Waals surface area contributed by atoms with Crippen LogP contribution in [0.1, 0.15) is 5.56 Å². The van der Waals surface area contributed by atoms with Crippen LogP contribution in [0.25, 0.3) is 16.7 Å². The molecule has 0 aliphatic carbocycles. The number of aromatic nitrogens is 3. The van der Waals surface area contributed by atoms with Gasteiger partial charge in [-0.15, -0.1) is 5.10 Å². The summed E-state index contributed by atoms with van der Waals surface area (Å²) in [6, 6.07) is 13.4. The number of fused-ring (bicyclic) bond motifs is 1. The Morgan fingerprint density at radius 1 is 1.17 bits per heavy atom. The molecule has 0 unspecified atom stereocenters. The number of rotatable bonds is 1. The second kappa shape index (κ2) is 3.93. The number of hydrogen-bond acceptors (Lipinski definition) is 3. The molecule has 0 N–H and O–H groups in total. The van der Waals surface area contributed by atoms with Crippen LogP contribution in [0.4, 0.5) is 4.39 Å². The molecule has 2 aromatic carbocycles. The molecule has 0 radical (unpaired) electrons. The zero-order chi connectivity index (χ0) is 12.5. The molecule has 0 spiro atoms. The fourth-order valence-corrected chi connectivity index (χ4v) is 1.83. The van der Waals surface area contributed by atoms with Gasteiger partial charge in [-0.2, -0.15) is 5.26 Å². The minimum absolute atomic E-state index is 0.227. The second-order valence-corrected chi connectivity index (χ2v) is 3.76. The Morgan fingerprint density at radius 2 is 2.00 bits per heavy atom. The lowest BCUT2D eigenvalue weighted by molar-refractivity contribution is 0.626. The first-order valence-corrected chi connectivity index (χ1v) is 5.30. The Morgan fingerprint density at radius 3 is 2.83 bits per heavy atom. The third kappa shape index (κ3) is 1.52. The lowest BCUT2D eigenvalue weighted by atomic mass is 10.2. The molecule has 1 heterocycles. The molecule has 0 atom stereocenters. The van der Waals surface area contributed by atoms with Gasteiger partial charge < -0.3 is 0 Å². The Hall–Kier alpha value is -2.74. The maximum absolute atomic E-state index is 13.1. The van der Waals surface area contributed by atoms with E-state index in [0.29, 0.717) is 5.69 Å². The largest absolute Gasteiger partial charge is 0.211 e. The van der Waals surface area contributed by atoms with Crippen LogP contribution in [0, 0.1) is 17.1 Å². The maximum atomic E-state index is 13.1. The molecule has 18 heavy (non-hydrogen) atoms. The second-order valence-electron chi connectivity index (χ2n) is 3.76. The minimum atomic E-state index is -0.445. The Balaban J connectivity index is 2.30. The topological polar surface area (TPSA) is 54.5 Å². The number of para-hydroxylation sites is 1. The van der Waals surface area contributed by atoms with Crippen molar-refractivity contribution in [3.63, 3.8) is 0 Å². The quantitative estimate of drug-likeness (QED) is 0.654. The number of nitrogens with zero attached hydrogens (tertiary/aromatic N) is 4. The first-order valence-electron chi connectivity index (χ1n) is 5.30. The maximum Gasteiger partial charge on any atom is 0.124 e. The molecule has 3 rings (SSSR count). The van der Waals surface area contributed by atoms with Gasteiger partial charge in [-0.05, 0) is 30.3 Å². The van der Waals surface area contributed by atoms with Gasteiger partial charge >= 0.3 is 0 Å². The molecule has 0 saturated heterocycles. The van der Waals surface area contributed by atoms with E-state index in [9.17, 15) is 4.39 Å². The van der Waals surface area contributed by atoms with Crippen molar-refractivity contribution in [2.45, 2.75) is 0 Å². The van der Waals surface area contributed by atoms with Gasteiger partial charge in [0.05, 0.1) is 16.8 Å². The number of benzene rings is 2. The van der Waals surface area contributed by atoms with Crippen molar-refractivity contribution in [1.29, 1.82) is 5.26 Å². The summed E-state index contributed by atoms with van der Waals surface area (Å²) in [5.41, 5.74) is 2.25. The lowest BCUT2D eigenvalue weighted by Crippen LogP contribution is -2.00. The Kier molecular flexibility index (Phi) is 2.27. The molecule has 4 nitrogen and oxygen atoms in total. The van der Waals surface area contributed by atoms with Gasteiger partial charge in [-0.1, -0.05) is 17.3 Å². The van der Waals surface area contributed by atoms with Crippen molar-refractivity contribution in [3.05, 3.63) is 53.8 Å². The van der Waals surface area contributed by atoms with E-state index in [1.54, 1.807) is 0 Å². The molecule has 0 saturated carbocycles. The average Bonchev–Trinajstić information content (AvgIpc) is 2.82. The van der Waals surface area contributed by atoms with Crippen molar-refractivity contribution < 1.29 is 4.39 Å². The number of halogens is 1. The third-order valence-electron chi connectivity index (χ3n) is 2.66. The highest BCUT2D eigenvalue weighted by Crippen LogP contribution is 2.19. The molecule has 0 bridgehead atoms. The monoisotopic (exact) mass is 238 g/mol. The predicted octanol–water partition coefficient (Wildman–Crippen LogP) is 2.43. The highest BCUT2D eigenvalue weighted by atomic mass is 19.1. The van der Waals surface area contributed by atoms with Crippen molar-refractivity contribution >= 4 is 11.0 Å². The standard InChI is InChI=1S/C13H7FN4/c14-10-5-6-12(9(7-10)8-15)18-13-4-2-1-3-11(13)16-17-18/h1-7H. The predicted molar refractivity (Wildman–Crippen MR) is 63.5 cm³/mol. The van der Waals surface area contributed by atoms with Crippen LogP contribution in [-0.2, 0) is 0 Å². The van der Waals surface area contributed by atoms with Gasteiger partial charge in [0.25, 0.3) is 0 Å². The van der Waals surface area contributed by atoms with E-state index < -0.39 is 5.82 Å². The summed E-state index contributed by atoms with van der Waals surface area (Å²) in [5.74, 6) is -0.445. The summed E-state index contributed by atoms with van der Waals surface area (Å²) in [6.07, 6.45) is 0. The fourth-order valence-electron chi connectivity index (χ4n) is 1.83. The van der Waals surface area contributed by atoms with Crippen LogP contribution in [0.5, 0.6) is 0 Å². The summed E-state index contributed by atoms with van der Waals surface area (Å²) in [7, 11) is 0. The summed E-state index contributed by atoms with van der Waals surface area (Å²) in [4.78, 5) is 0. The number of nitriles is 1. The molecule has 0 amide bonds. The summed E-state index contributed by atoms with van der Waals surface area (Å²) in [5, 5.41) is 17.0. The minimum Gasteiger partial charge on any atom is -0.211 e. The van der Waals surface area contributed by atoms with Crippen LogP contribution in [-0.4, -0.2) is 15.0 Å². The molecule has 3 aromatic rings. The molecule has 0 aliphatic heterocycles. The van der Waals surface area contributed by atoms with Gasteiger partial charge in [0.1, 0.15) is 17.4 Å². The highest BCUT2D eigenvalue weighted by molar-refractivity contribution is 5.76. The number of hydrogen-bond donors (Lipinski definition) is 0. The van der Waals surface area contributed by atoms with E-state index in [1.165, 1.54) is 22.9 Å². The molecule has 5 heteroatoms. The van der Waals surface area contributed by atoms with Gasteiger partial charge in [0, 0.05) is 0 Å².